The number of hydrogen-bond acceptors (Lipinski definition) is 5. The van der Waals surface area contributed by atoms with Crippen LogP contribution in [0.2, 0.25) is 0 Å². The third kappa shape index (κ3) is 6.42. The number of hydrogen-bond donors (Lipinski definition) is 2. The van der Waals surface area contributed by atoms with Gasteiger partial charge in [0.1, 0.15) is 18.6 Å². The van der Waals surface area contributed by atoms with Gasteiger partial charge in [-0.05, 0) is 19.1 Å². The van der Waals surface area contributed by atoms with Gasteiger partial charge in [-0.15, -0.1) is 10.2 Å². The fourth-order valence-corrected chi connectivity index (χ4v) is 2.10. The highest BCUT2D eigenvalue weighted by molar-refractivity contribution is 5.93. The third-order valence-electron chi connectivity index (χ3n) is 3.39. The average molecular weight is 346 g/mol. The van der Waals surface area contributed by atoms with Gasteiger partial charge in [0, 0.05) is 45.5 Å². The Morgan fingerprint density at radius 1 is 1.32 bits per heavy atom. The van der Waals surface area contributed by atoms with E-state index in [-0.39, 0.29) is 0 Å². The second-order valence-corrected chi connectivity index (χ2v) is 5.40. The van der Waals surface area contributed by atoms with Crippen LogP contribution in [0, 0.1) is 0 Å². The third-order valence-corrected chi connectivity index (χ3v) is 3.39. The molecular formula is C17H26N6O2. The molecule has 0 saturated carbocycles. The predicted molar refractivity (Wildman–Crippen MR) is 97.9 cm³/mol. The van der Waals surface area contributed by atoms with Crippen molar-refractivity contribution in [2.45, 2.75) is 19.9 Å². The van der Waals surface area contributed by atoms with Crippen molar-refractivity contribution in [3.8, 4) is 5.75 Å². The Morgan fingerprint density at radius 2 is 2.20 bits per heavy atom. The van der Waals surface area contributed by atoms with E-state index in [9.17, 15) is 0 Å². The number of rotatable bonds is 9. The minimum atomic E-state index is 0.443. The van der Waals surface area contributed by atoms with Gasteiger partial charge >= 0.3 is 0 Å². The summed E-state index contributed by atoms with van der Waals surface area (Å²) in [7, 11) is 3.59. The van der Waals surface area contributed by atoms with Gasteiger partial charge in [-0.25, -0.2) is 4.99 Å². The largest absolute Gasteiger partial charge is 0.493 e. The number of nitrogens with one attached hydrogen (secondary N) is 2. The molecule has 0 aliphatic rings. The normalized spacial score (nSPS) is 11.4. The molecule has 0 aliphatic heterocycles. The molecule has 0 saturated heterocycles. The zero-order chi connectivity index (χ0) is 17.9. The van der Waals surface area contributed by atoms with Crippen LogP contribution in [0.5, 0.6) is 5.75 Å². The molecule has 2 N–H and O–H groups in total. The van der Waals surface area contributed by atoms with E-state index in [1.165, 1.54) is 0 Å². The lowest BCUT2D eigenvalue weighted by molar-refractivity contribution is 0.172. The van der Waals surface area contributed by atoms with Crippen molar-refractivity contribution in [1.82, 2.24) is 20.1 Å². The highest BCUT2D eigenvalue weighted by Crippen LogP contribution is 2.17. The summed E-state index contributed by atoms with van der Waals surface area (Å²) in [4.78, 5) is 4.54. The lowest BCUT2D eigenvalue weighted by Gasteiger charge is -2.12. The van der Waals surface area contributed by atoms with Crippen molar-refractivity contribution in [2.75, 3.05) is 32.2 Å². The maximum absolute atomic E-state index is 5.72. The van der Waals surface area contributed by atoms with Gasteiger partial charge in [0.15, 0.2) is 11.8 Å². The molecule has 0 atom stereocenters. The van der Waals surface area contributed by atoms with Gasteiger partial charge < -0.3 is 24.7 Å². The molecule has 0 fully saturated rings. The molecule has 0 amide bonds. The van der Waals surface area contributed by atoms with Crippen molar-refractivity contribution >= 4 is 11.6 Å². The molecule has 2 rings (SSSR count). The average Bonchev–Trinajstić information content (AvgIpc) is 3.02. The van der Waals surface area contributed by atoms with E-state index in [0.29, 0.717) is 25.7 Å². The molecule has 0 bridgehead atoms. The predicted octanol–water partition coefficient (Wildman–Crippen LogP) is 1.81. The van der Waals surface area contributed by atoms with Gasteiger partial charge in [-0.1, -0.05) is 6.07 Å². The maximum atomic E-state index is 5.72. The van der Waals surface area contributed by atoms with E-state index >= 15 is 0 Å². The number of methoxy groups -OCH3 is 1. The number of anilines is 1. The zero-order valence-electron chi connectivity index (χ0n) is 15.0. The van der Waals surface area contributed by atoms with E-state index in [2.05, 4.69) is 25.8 Å². The maximum Gasteiger partial charge on any atom is 0.196 e. The number of ether oxygens (including phenoxy) is 2. The van der Waals surface area contributed by atoms with Crippen molar-refractivity contribution < 1.29 is 9.47 Å². The highest BCUT2D eigenvalue weighted by Gasteiger charge is 2.03. The molecule has 8 heteroatoms. The summed E-state index contributed by atoms with van der Waals surface area (Å²) in [5.74, 6) is 2.29. The van der Waals surface area contributed by atoms with Crippen molar-refractivity contribution in [1.29, 1.82) is 0 Å². The van der Waals surface area contributed by atoms with Crippen LogP contribution in [-0.4, -0.2) is 47.6 Å². The van der Waals surface area contributed by atoms with Crippen LogP contribution in [-0.2, 0) is 18.3 Å². The Morgan fingerprint density at radius 3 is 2.92 bits per heavy atom. The monoisotopic (exact) mass is 346 g/mol. The number of nitrogens with zero attached hydrogens (tertiary/aromatic N) is 4. The molecule has 0 aliphatic carbocycles. The van der Waals surface area contributed by atoms with Gasteiger partial charge in [-0.2, -0.15) is 0 Å². The summed E-state index contributed by atoms with van der Waals surface area (Å²) < 4.78 is 12.6. The van der Waals surface area contributed by atoms with Crippen LogP contribution in [0.3, 0.4) is 0 Å². The molecule has 136 valence electrons. The topological polar surface area (TPSA) is 85.6 Å². The van der Waals surface area contributed by atoms with Crippen LogP contribution in [0.25, 0.3) is 0 Å². The van der Waals surface area contributed by atoms with Crippen molar-refractivity contribution in [3.05, 3.63) is 36.4 Å². The molecule has 8 nitrogen and oxygen atoms in total. The quantitative estimate of drug-likeness (QED) is 0.409. The molecule has 0 unspecified atom stereocenters. The van der Waals surface area contributed by atoms with E-state index < -0.39 is 0 Å². The van der Waals surface area contributed by atoms with Gasteiger partial charge in [0.2, 0.25) is 0 Å². The summed E-state index contributed by atoms with van der Waals surface area (Å²) >= 11 is 0. The summed E-state index contributed by atoms with van der Waals surface area (Å²) in [6, 6.07) is 7.79. The van der Waals surface area contributed by atoms with Gasteiger partial charge in [0.05, 0.1) is 6.61 Å². The van der Waals surface area contributed by atoms with E-state index in [1.807, 2.05) is 42.8 Å². The summed E-state index contributed by atoms with van der Waals surface area (Å²) in [5, 5.41) is 14.4. The van der Waals surface area contributed by atoms with Crippen LogP contribution < -0.4 is 15.4 Å². The standard InChI is InChI=1S/C17H26N6O2/c1-4-18-17(19-12-16-22-20-13-23(16)2)21-14-7-5-8-15(11-14)25-10-6-9-24-3/h5,7-8,11,13H,4,6,9-10,12H2,1-3H3,(H2,18,19,21). The first-order valence-electron chi connectivity index (χ1n) is 8.33. The Hall–Kier alpha value is -2.61. The van der Waals surface area contributed by atoms with E-state index in [1.54, 1.807) is 13.4 Å². The first-order valence-corrected chi connectivity index (χ1v) is 8.33. The van der Waals surface area contributed by atoms with Crippen LogP contribution in [0.4, 0.5) is 5.69 Å². The summed E-state index contributed by atoms with van der Waals surface area (Å²) in [6.07, 6.45) is 2.52. The number of guanidine groups is 1. The first kappa shape index (κ1) is 18.7. The Balaban J connectivity index is 1.97. The van der Waals surface area contributed by atoms with Gasteiger partial charge in [0.25, 0.3) is 0 Å². The lowest BCUT2D eigenvalue weighted by Crippen LogP contribution is -2.30. The van der Waals surface area contributed by atoms with Crippen molar-refractivity contribution in [3.63, 3.8) is 0 Å². The Bertz CT molecular complexity index is 671. The number of aryl methyl sites for hydroxylation is 1. The Labute approximate surface area is 148 Å². The lowest BCUT2D eigenvalue weighted by atomic mass is 10.3. The number of aromatic nitrogens is 3. The Kier molecular flexibility index (Phi) is 7.71. The molecular weight excluding hydrogens is 320 g/mol. The summed E-state index contributed by atoms with van der Waals surface area (Å²) in [5.41, 5.74) is 0.905. The number of aliphatic imine (C=N–C) groups is 1. The summed E-state index contributed by atoms with van der Waals surface area (Å²) in [6.45, 7) is 4.54. The first-order chi connectivity index (χ1) is 12.2. The highest BCUT2D eigenvalue weighted by atomic mass is 16.5. The molecule has 1 aromatic heterocycles. The zero-order valence-corrected chi connectivity index (χ0v) is 15.0. The minimum absolute atomic E-state index is 0.443. The molecule has 25 heavy (non-hydrogen) atoms. The van der Waals surface area contributed by atoms with E-state index in [0.717, 1.165) is 30.2 Å². The molecule has 0 spiro atoms. The minimum Gasteiger partial charge on any atom is -0.493 e. The van der Waals surface area contributed by atoms with Gasteiger partial charge in [-0.3, -0.25) is 0 Å². The van der Waals surface area contributed by atoms with Crippen molar-refractivity contribution in [2.24, 2.45) is 12.0 Å². The molecule has 1 aromatic carbocycles. The number of benzene rings is 1. The van der Waals surface area contributed by atoms with E-state index in [4.69, 9.17) is 9.47 Å². The SMILES string of the molecule is CCNC(=NCc1nncn1C)Nc1cccc(OCCCOC)c1. The molecule has 1 heterocycles. The van der Waals surface area contributed by atoms with Crippen LogP contribution >= 0.6 is 0 Å². The molecule has 0 radical (unpaired) electrons. The fraction of sp³-hybridized carbons (Fsp3) is 0.471. The van der Waals surface area contributed by atoms with Crippen LogP contribution in [0.15, 0.2) is 35.6 Å². The second-order valence-electron chi connectivity index (χ2n) is 5.40. The second kappa shape index (κ2) is 10.3. The fourth-order valence-electron chi connectivity index (χ4n) is 2.10. The molecule has 2 aromatic rings. The van der Waals surface area contributed by atoms with Crippen LogP contribution in [0.1, 0.15) is 19.2 Å². The smallest absolute Gasteiger partial charge is 0.196 e.